The molecule has 9 nitrogen and oxygen atoms in total. The van der Waals surface area contributed by atoms with Gasteiger partial charge in [-0.3, -0.25) is 14.4 Å². The number of halogens is 1. The molecule has 0 unspecified atom stereocenters. The van der Waals surface area contributed by atoms with Gasteiger partial charge in [0, 0.05) is 16.7 Å². The molecule has 0 aliphatic carbocycles. The predicted octanol–water partition coefficient (Wildman–Crippen LogP) is 5.82. The number of fused-ring (bicyclic) bond motifs is 1. The second-order valence-electron chi connectivity index (χ2n) is 10.8. The average molecular weight is 559 g/mol. The number of amides is 1. The second kappa shape index (κ2) is 9.88. The number of rotatable bonds is 7. The first-order valence-electron chi connectivity index (χ1n) is 12.6. The molecule has 3 aromatic carbocycles. The summed E-state index contributed by atoms with van der Waals surface area (Å²) >= 11 is 6.49. The first-order chi connectivity index (χ1) is 18.9. The SMILES string of the molecule is COc1ccc(C#N)c(N2Cc3c(Cl)ccc(Nc4c(N[C@@H](c5ccc(C)o5)C(C)(C)C)c(=O)c4=O)c3C2=O)c1. The number of furan rings is 1. The van der Waals surface area contributed by atoms with Crippen molar-refractivity contribution in [2.24, 2.45) is 5.41 Å². The number of hydrogen-bond acceptors (Lipinski definition) is 8. The third kappa shape index (κ3) is 4.50. The number of hydrogen-bond donors (Lipinski definition) is 2. The highest BCUT2D eigenvalue weighted by Gasteiger charge is 2.36. The molecule has 1 aromatic heterocycles. The fourth-order valence-electron chi connectivity index (χ4n) is 4.89. The van der Waals surface area contributed by atoms with E-state index in [9.17, 15) is 19.6 Å². The van der Waals surface area contributed by atoms with Gasteiger partial charge < -0.3 is 24.7 Å². The molecular weight excluding hydrogens is 532 g/mol. The molecule has 2 N–H and O–H groups in total. The Morgan fingerprint density at radius 2 is 1.80 bits per heavy atom. The molecule has 0 spiro atoms. The molecule has 204 valence electrons. The van der Waals surface area contributed by atoms with Gasteiger partial charge in [-0.2, -0.15) is 5.26 Å². The van der Waals surface area contributed by atoms with E-state index in [4.69, 9.17) is 20.8 Å². The molecule has 1 amide bonds. The maximum Gasteiger partial charge on any atom is 0.261 e. The lowest BCUT2D eigenvalue weighted by molar-refractivity contribution is 0.0997. The highest BCUT2D eigenvalue weighted by atomic mass is 35.5. The van der Waals surface area contributed by atoms with Crippen molar-refractivity contribution in [1.29, 1.82) is 5.26 Å². The van der Waals surface area contributed by atoms with Crippen LogP contribution in [0, 0.1) is 23.7 Å². The van der Waals surface area contributed by atoms with E-state index in [1.54, 1.807) is 30.3 Å². The Balaban J connectivity index is 1.52. The average Bonchev–Trinajstić information content (AvgIpc) is 3.51. The maximum atomic E-state index is 13.7. The Morgan fingerprint density at radius 1 is 1.07 bits per heavy atom. The summed E-state index contributed by atoms with van der Waals surface area (Å²) in [7, 11) is 1.50. The lowest BCUT2D eigenvalue weighted by Gasteiger charge is -2.31. The molecule has 0 fully saturated rings. The third-order valence-electron chi connectivity index (χ3n) is 7.02. The van der Waals surface area contributed by atoms with Gasteiger partial charge in [0.1, 0.15) is 34.7 Å². The van der Waals surface area contributed by atoms with E-state index in [0.29, 0.717) is 39.0 Å². The summed E-state index contributed by atoms with van der Waals surface area (Å²) < 4.78 is 11.1. The van der Waals surface area contributed by atoms with Crippen molar-refractivity contribution in [3.05, 3.63) is 96.1 Å². The van der Waals surface area contributed by atoms with Gasteiger partial charge in [-0.15, -0.1) is 0 Å². The number of nitrogens with zero attached hydrogens (tertiary/aromatic N) is 2. The number of aryl methyl sites for hydroxylation is 1. The first-order valence-corrected chi connectivity index (χ1v) is 13.0. The van der Waals surface area contributed by atoms with Gasteiger partial charge in [0.15, 0.2) is 0 Å². The number of carbonyl (C=O) groups is 1. The van der Waals surface area contributed by atoms with Crippen LogP contribution >= 0.6 is 11.6 Å². The molecule has 10 heteroatoms. The summed E-state index contributed by atoms with van der Waals surface area (Å²) in [5.41, 5.74) is 0.235. The van der Waals surface area contributed by atoms with Gasteiger partial charge >= 0.3 is 0 Å². The number of carbonyl (C=O) groups excluding carboxylic acids is 1. The standard InChI is InChI=1S/C30H27ClN4O5/c1-15-6-11-22(40-15)28(30(2,3)4)34-25-24(26(36)27(25)37)33-20-10-9-19(31)18-14-35(29(38)23(18)20)21-12-17(39-5)8-7-16(21)13-32/h6-12,28,33-34H,14H2,1-5H3/t28-/m0/s1. The lowest BCUT2D eigenvalue weighted by Crippen LogP contribution is -2.39. The zero-order valence-corrected chi connectivity index (χ0v) is 23.4. The van der Waals surface area contributed by atoms with Crippen molar-refractivity contribution in [1.82, 2.24) is 0 Å². The van der Waals surface area contributed by atoms with E-state index < -0.39 is 22.8 Å². The molecule has 5 rings (SSSR count). The second-order valence-corrected chi connectivity index (χ2v) is 11.2. The van der Waals surface area contributed by atoms with Gasteiger partial charge in [0.05, 0.1) is 42.2 Å². The zero-order valence-electron chi connectivity index (χ0n) is 22.6. The molecule has 0 bridgehead atoms. The molecule has 1 aliphatic heterocycles. The molecule has 4 aromatic rings. The Kier molecular flexibility index (Phi) is 6.68. The van der Waals surface area contributed by atoms with Crippen molar-refractivity contribution in [2.75, 3.05) is 22.6 Å². The number of nitrogens with one attached hydrogen (secondary N) is 2. The van der Waals surface area contributed by atoms with Crippen molar-refractivity contribution < 1.29 is 13.9 Å². The monoisotopic (exact) mass is 558 g/mol. The van der Waals surface area contributed by atoms with Crippen LogP contribution in [-0.2, 0) is 6.54 Å². The zero-order chi connectivity index (χ0) is 28.9. The van der Waals surface area contributed by atoms with E-state index in [1.807, 2.05) is 39.8 Å². The van der Waals surface area contributed by atoms with Crippen LogP contribution in [-0.4, -0.2) is 13.0 Å². The number of anilines is 4. The number of ether oxygens (including phenoxy) is 1. The molecule has 0 saturated carbocycles. The Hall–Kier alpha value is -4.55. The highest BCUT2D eigenvalue weighted by molar-refractivity contribution is 6.33. The van der Waals surface area contributed by atoms with Crippen LogP contribution in [0.3, 0.4) is 0 Å². The molecule has 0 radical (unpaired) electrons. The summed E-state index contributed by atoms with van der Waals surface area (Å²) in [6.45, 7) is 7.93. The van der Waals surface area contributed by atoms with Gasteiger partial charge in [0.25, 0.3) is 16.8 Å². The van der Waals surface area contributed by atoms with Crippen molar-refractivity contribution in [2.45, 2.75) is 40.3 Å². The molecule has 2 heterocycles. The molecule has 40 heavy (non-hydrogen) atoms. The fraction of sp³-hybridized carbons (Fsp3) is 0.267. The summed E-state index contributed by atoms with van der Waals surface area (Å²) in [5, 5.41) is 16.2. The Bertz CT molecular complexity index is 1770. The number of nitriles is 1. The fourth-order valence-corrected chi connectivity index (χ4v) is 5.11. The van der Waals surface area contributed by atoms with E-state index in [-0.39, 0.29) is 28.9 Å². The van der Waals surface area contributed by atoms with Crippen LogP contribution in [0.5, 0.6) is 5.75 Å². The van der Waals surface area contributed by atoms with Crippen LogP contribution in [0.25, 0.3) is 0 Å². The summed E-state index contributed by atoms with van der Waals surface area (Å²) in [5.74, 6) is 1.44. The first kappa shape index (κ1) is 27.0. The van der Waals surface area contributed by atoms with Gasteiger partial charge in [-0.25, -0.2) is 0 Å². The van der Waals surface area contributed by atoms with Gasteiger partial charge in [0.2, 0.25) is 0 Å². The van der Waals surface area contributed by atoms with Crippen LogP contribution in [0.4, 0.5) is 22.7 Å². The van der Waals surface area contributed by atoms with Crippen LogP contribution in [0.15, 0.2) is 56.5 Å². The maximum absolute atomic E-state index is 13.7. The Labute approximate surface area is 235 Å². The Morgan fingerprint density at radius 3 is 2.42 bits per heavy atom. The molecule has 1 atom stereocenters. The molecular formula is C30H27ClN4O5. The smallest absolute Gasteiger partial charge is 0.261 e. The number of benzene rings is 2. The quantitative estimate of drug-likeness (QED) is 0.272. The van der Waals surface area contributed by atoms with E-state index in [0.717, 1.165) is 5.76 Å². The van der Waals surface area contributed by atoms with E-state index in [1.165, 1.54) is 12.0 Å². The minimum absolute atomic E-state index is 0.0531. The van der Waals surface area contributed by atoms with E-state index >= 15 is 0 Å². The predicted molar refractivity (Wildman–Crippen MR) is 154 cm³/mol. The van der Waals surface area contributed by atoms with Gasteiger partial charge in [-0.05, 0) is 48.7 Å². The largest absolute Gasteiger partial charge is 0.497 e. The van der Waals surface area contributed by atoms with Crippen molar-refractivity contribution in [3.63, 3.8) is 0 Å². The topological polar surface area (TPSA) is 125 Å². The summed E-state index contributed by atoms with van der Waals surface area (Å²) in [6.07, 6.45) is 0. The summed E-state index contributed by atoms with van der Waals surface area (Å²) in [6, 6.07) is 13.4. The van der Waals surface area contributed by atoms with Crippen molar-refractivity contribution >= 4 is 40.3 Å². The van der Waals surface area contributed by atoms with Gasteiger partial charge in [-0.1, -0.05) is 32.4 Å². The minimum atomic E-state index is -0.698. The normalized spacial score (nSPS) is 13.7. The minimum Gasteiger partial charge on any atom is -0.497 e. The lowest BCUT2D eigenvalue weighted by atomic mass is 9.85. The molecule has 0 saturated heterocycles. The highest BCUT2D eigenvalue weighted by Crippen LogP contribution is 2.41. The van der Waals surface area contributed by atoms with Crippen LogP contribution in [0.2, 0.25) is 5.02 Å². The van der Waals surface area contributed by atoms with E-state index in [2.05, 4.69) is 16.7 Å². The summed E-state index contributed by atoms with van der Waals surface area (Å²) in [4.78, 5) is 40.6. The van der Waals surface area contributed by atoms with Crippen LogP contribution in [0.1, 0.15) is 59.8 Å². The molecule has 1 aliphatic rings. The van der Waals surface area contributed by atoms with Crippen LogP contribution < -0.4 is 31.1 Å². The number of methoxy groups -OCH3 is 1. The third-order valence-corrected chi connectivity index (χ3v) is 7.37. The van der Waals surface area contributed by atoms with Crippen molar-refractivity contribution in [3.8, 4) is 11.8 Å².